The zero-order valence-corrected chi connectivity index (χ0v) is 28.4. The summed E-state index contributed by atoms with van der Waals surface area (Å²) in [7, 11) is 0. The van der Waals surface area contributed by atoms with E-state index in [1.807, 2.05) is 58.6 Å². The Morgan fingerprint density at radius 2 is 1.66 bits per heavy atom. The fourth-order valence-corrected chi connectivity index (χ4v) is 4.72. The number of amides is 1. The number of alkyl halides is 4. The van der Waals surface area contributed by atoms with Crippen LogP contribution in [0.3, 0.4) is 0 Å². The first kappa shape index (κ1) is 41.2. The number of nitrogens with one attached hydrogen (secondary N) is 1. The van der Waals surface area contributed by atoms with E-state index in [1.54, 1.807) is 6.92 Å². The second kappa shape index (κ2) is 20.3. The van der Waals surface area contributed by atoms with E-state index in [-0.39, 0.29) is 37.8 Å². The molecular weight excluding hydrogens is 574 g/mol. The van der Waals surface area contributed by atoms with Crippen LogP contribution in [0.15, 0.2) is 33.6 Å². The molecule has 0 aliphatic carbocycles. The van der Waals surface area contributed by atoms with Crippen LogP contribution in [0, 0.1) is 12.8 Å². The third-order valence-corrected chi connectivity index (χ3v) is 7.73. The minimum atomic E-state index is -3.08. The third-order valence-electron chi connectivity index (χ3n) is 7.73. The molecule has 1 aliphatic rings. The van der Waals surface area contributed by atoms with Gasteiger partial charge in [-0.3, -0.25) is 19.5 Å². The highest BCUT2D eigenvalue weighted by Crippen LogP contribution is 2.31. The van der Waals surface area contributed by atoms with Crippen molar-refractivity contribution in [2.24, 2.45) is 10.9 Å². The fourth-order valence-electron chi connectivity index (χ4n) is 4.72. The molecule has 0 radical (unpaired) electrons. The summed E-state index contributed by atoms with van der Waals surface area (Å²) in [4.78, 5) is 32.4. The average molecular weight is 632 g/mol. The molecule has 1 aliphatic heterocycles. The predicted octanol–water partition coefficient (Wildman–Crippen LogP) is 7.95. The van der Waals surface area contributed by atoms with Gasteiger partial charge in [-0.2, -0.15) is 5.10 Å². The van der Waals surface area contributed by atoms with Gasteiger partial charge in [-0.15, -0.1) is 0 Å². The summed E-state index contributed by atoms with van der Waals surface area (Å²) in [6, 6.07) is 0. The minimum absolute atomic E-state index is 0. The topological polar surface area (TPSA) is 81.7 Å². The lowest BCUT2D eigenvalue weighted by molar-refractivity contribution is -0.137. The molecule has 1 saturated heterocycles. The number of carbonyl (C=O) groups excluding carboxylic acids is 1. The van der Waals surface area contributed by atoms with Gasteiger partial charge in [0.2, 0.25) is 5.91 Å². The van der Waals surface area contributed by atoms with Gasteiger partial charge in [0.15, 0.2) is 0 Å². The van der Waals surface area contributed by atoms with Crippen LogP contribution in [-0.4, -0.2) is 70.4 Å². The number of aryl methyl sites for hydroxylation is 1. The lowest BCUT2D eigenvalue weighted by Crippen LogP contribution is -2.52. The van der Waals surface area contributed by atoms with Crippen molar-refractivity contribution >= 4 is 12.1 Å². The largest absolute Gasteiger partial charge is 0.340 e. The van der Waals surface area contributed by atoms with Crippen LogP contribution in [0.25, 0.3) is 0 Å². The Hall–Kier alpha value is -2.82. The molecule has 1 amide bonds. The number of H-pyrrole nitrogens is 1. The zero-order valence-electron chi connectivity index (χ0n) is 28.4. The lowest BCUT2D eigenvalue weighted by atomic mass is 10.00. The summed E-state index contributed by atoms with van der Waals surface area (Å²) in [5, 5.41) is 5.85. The number of hydrogen-bond acceptors (Lipinski definition) is 5. The van der Waals surface area contributed by atoms with Crippen molar-refractivity contribution in [3.63, 3.8) is 0 Å². The highest BCUT2D eigenvalue weighted by atomic mass is 19.3. The van der Waals surface area contributed by atoms with E-state index in [4.69, 9.17) is 0 Å². The molecule has 44 heavy (non-hydrogen) atoms. The Morgan fingerprint density at radius 3 is 2.11 bits per heavy atom. The Kier molecular flexibility index (Phi) is 19.0. The summed E-state index contributed by atoms with van der Waals surface area (Å²) in [5.74, 6) is -5.67. The van der Waals surface area contributed by atoms with Crippen molar-refractivity contribution < 1.29 is 23.8 Å². The van der Waals surface area contributed by atoms with Crippen molar-refractivity contribution in [3.8, 4) is 0 Å². The first-order valence-corrected chi connectivity index (χ1v) is 15.9. The van der Waals surface area contributed by atoms with Gasteiger partial charge >= 0.3 is 0 Å². The molecule has 2 heterocycles. The molecule has 2 rings (SSSR count). The van der Waals surface area contributed by atoms with Gasteiger partial charge in [0, 0.05) is 58.2 Å². The van der Waals surface area contributed by atoms with E-state index in [9.17, 15) is 27.2 Å². The van der Waals surface area contributed by atoms with Crippen LogP contribution in [0.2, 0.25) is 0 Å². The quantitative estimate of drug-likeness (QED) is 0.144. The summed E-state index contributed by atoms with van der Waals surface area (Å²) < 4.78 is 54.6. The van der Waals surface area contributed by atoms with Gasteiger partial charge in [-0.1, -0.05) is 59.8 Å². The Labute approximate surface area is 263 Å². The molecule has 0 saturated carbocycles. The predicted molar refractivity (Wildman–Crippen MR) is 175 cm³/mol. The molecule has 0 aromatic carbocycles. The number of aromatic nitrogens is 2. The van der Waals surface area contributed by atoms with Crippen LogP contribution in [0.4, 0.5) is 17.6 Å². The van der Waals surface area contributed by atoms with E-state index < -0.39 is 23.0 Å². The van der Waals surface area contributed by atoms with Gasteiger partial charge in [0.05, 0.1) is 17.4 Å². The summed E-state index contributed by atoms with van der Waals surface area (Å²) in [6.45, 7) is 20.4. The van der Waals surface area contributed by atoms with Crippen molar-refractivity contribution in [1.82, 2.24) is 20.0 Å². The highest BCUT2D eigenvalue weighted by Gasteiger charge is 2.35. The molecule has 0 bridgehead atoms. The molecule has 2 atom stereocenters. The zero-order chi connectivity index (χ0) is 34.1. The number of allylic oxidation sites excluding steroid dienone is 4. The first-order valence-electron chi connectivity index (χ1n) is 15.9. The number of nitrogens with zero attached hydrogens (tertiary/aromatic N) is 4. The standard InChI is InChI=1S/C21H35F2N3O.C10H14F2N2O.C2H6.H2/c1-6-10-11-18(7-2)20(27)26-14-12-25(13-15-26)17(5)24-16-19(8-3)21(22,23)9-4;1-4-7-6(3)8(9(15)14-13-7)10(11,12)5-2;1-2;/h6,8,10,16-18H,7,9,11-15H2,1-5H3;4-5H2,1-3H3,(H,14,15);1-2H3;1H/b10-6?,19-8+,24-16-;;;. The lowest BCUT2D eigenvalue weighted by Gasteiger charge is -2.38. The maximum Gasteiger partial charge on any atom is 0.278 e. The van der Waals surface area contributed by atoms with Crippen LogP contribution in [0.5, 0.6) is 0 Å². The first-order chi connectivity index (χ1) is 20.7. The summed E-state index contributed by atoms with van der Waals surface area (Å²) in [6.07, 6.45) is 8.08. The number of aromatic amines is 1. The summed E-state index contributed by atoms with van der Waals surface area (Å²) in [5.41, 5.74) is -0.473. The Balaban J connectivity index is 0. The molecule has 7 nitrogen and oxygen atoms in total. The fraction of sp³-hybridized carbons (Fsp3) is 0.697. The third kappa shape index (κ3) is 11.9. The van der Waals surface area contributed by atoms with Crippen molar-refractivity contribution in [2.75, 3.05) is 26.2 Å². The second-order valence-corrected chi connectivity index (χ2v) is 10.4. The monoisotopic (exact) mass is 631 g/mol. The molecular formula is C33H57F4N5O2. The number of aliphatic imine (C=N–C) groups is 1. The number of carbonyl (C=O) groups is 1. The van der Waals surface area contributed by atoms with Crippen LogP contribution >= 0.6 is 0 Å². The van der Waals surface area contributed by atoms with Gasteiger partial charge in [0.1, 0.15) is 0 Å². The molecule has 2 unspecified atom stereocenters. The number of halogens is 4. The molecule has 11 heteroatoms. The van der Waals surface area contributed by atoms with E-state index >= 15 is 0 Å². The van der Waals surface area contributed by atoms with Gasteiger partial charge < -0.3 is 4.90 Å². The van der Waals surface area contributed by atoms with E-state index in [0.717, 1.165) is 12.8 Å². The summed E-state index contributed by atoms with van der Waals surface area (Å²) >= 11 is 0. The van der Waals surface area contributed by atoms with Gasteiger partial charge in [0.25, 0.3) is 17.4 Å². The van der Waals surface area contributed by atoms with Crippen LogP contribution in [-0.2, 0) is 17.1 Å². The molecule has 0 spiro atoms. The van der Waals surface area contributed by atoms with Gasteiger partial charge in [-0.05, 0) is 52.5 Å². The molecule has 1 aromatic heterocycles. The maximum atomic E-state index is 13.8. The molecule has 254 valence electrons. The number of rotatable bonds is 12. The Bertz CT molecular complexity index is 1150. The van der Waals surface area contributed by atoms with Gasteiger partial charge in [-0.25, -0.2) is 22.7 Å². The molecule has 1 N–H and O–H groups in total. The van der Waals surface area contributed by atoms with Crippen molar-refractivity contribution in [1.29, 1.82) is 0 Å². The van der Waals surface area contributed by atoms with E-state index in [0.29, 0.717) is 43.9 Å². The average Bonchev–Trinajstić information content (AvgIpc) is 3.02. The normalized spacial score (nSPS) is 16.3. The van der Waals surface area contributed by atoms with E-state index in [2.05, 4.69) is 20.1 Å². The number of piperazine rings is 1. The van der Waals surface area contributed by atoms with Crippen LogP contribution < -0.4 is 5.56 Å². The maximum absolute atomic E-state index is 13.8. The van der Waals surface area contributed by atoms with Crippen molar-refractivity contribution in [3.05, 3.63) is 51.0 Å². The second-order valence-electron chi connectivity index (χ2n) is 10.4. The smallest absolute Gasteiger partial charge is 0.278 e. The highest BCUT2D eigenvalue weighted by molar-refractivity contribution is 5.81. The minimum Gasteiger partial charge on any atom is -0.340 e. The molecule has 1 fully saturated rings. The SMILES string of the molecule is CC.CC=CCC(CC)C(=O)N1CCN(C(C)/N=C\C(=C/C)C(F)(F)CC)CC1.CCc1n[nH]c(=O)c(C(F)(F)CC)c1C.[HH]. The van der Waals surface area contributed by atoms with Crippen LogP contribution in [0.1, 0.15) is 106 Å². The van der Waals surface area contributed by atoms with E-state index in [1.165, 1.54) is 33.1 Å². The van der Waals surface area contributed by atoms with Crippen molar-refractivity contribution in [2.45, 2.75) is 119 Å². The molecule has 1 aromatic rings. The Morgan fingerprint density at radius 1 is 1.07 bits per heavy atom. The number of hydrogen-bond donors (Lipinski definition) is 1.